The summed E-state index contributed by atoms with van der Waals surface area (Å²) < 4.78 is 5.42. The number of hydrogen-bond donors (Lipinski definition) is 2. The van der Waals surface area contributed by atoms with Crippen molar-refractivity contribution >= 4 is 11.7 Å². The van der Waals surface area contributed by atoms with E-state index < -0.39 is 0 Å². The van der Waals surface area contributed by atoms with Crippen LogP contribution in [0.25, 0.3) is 0 Å². The number of aromatic nitrogens is 1. The van der Waals surface area contributed by atoms with Gasteiger partial charge in [-0.2, -0.15) is 0 Å². The Bertz CT molecular complexity index is 588. The smallest absolute Gasteiger partial charge is 0.319 e. The molecule has 5 nitrogen and oxygen atoms in total. The first-order valence-corrected chi connectivity index (χ1v) is 7.17. The molecule has 112 valence electrons. The fraction of sp³-hybridized carbons (Fsp3) is 0.375. The molecule has 0 radical (unpaired) electrons. The molecule has 2 N–H and O–H groups in total. The topological polar surface area (TPSA) is 67.2 Å². The summed E-state index contributed by atoms with van der Waals surface area (Å²) in [6.45, 7) is 6.54. The van der Waals surface area contributed by atoms with E-state index in [1.54, 1.807) is 6.20 Å². The van der Waals surface area contributed by atoms with Crippen LogP contribution in [0.4, 0.5) is 10.5 Å². The molecule has 0 saturated heterocycles. The van der Waals surface area contributed by atoms with Crippen LogP contribution in [-0.2, 0) is 13.0 Å². The molecule has 1 aromatic heterocycles. The van der Waals surface area contributed by atoms with Crippen LogP contribution < -0.4 is 10.6 Å². The molecular formula is C16H21N3O2. The van der Waals surface area contributed by atoms with Gasteiger partial charge >= 0.3 is 6.03 Å². The van der Waals surface area contributed by atoms with Gasteiger partial charge in [-0.05, 0) is 23.6 Å². The highest BCUT2D eigenvalue weighted by molar-refractivity contribution is 5.89. The Labute approximate surface area is 124 Å². The summed E-state index contributed by atoms with van der Waals surface area (Å²) in [7, 11) is 0. The molecule has 5 heteroatoms. The normalized spacial score (nSPS) is 10.7. The number of rotatable bonds is 5. The predicted octanol–water partition coefficient (Wildman–Crippen LogP) is 3.68. The molecule has 0 aliphatic rings. The number of carbonyl (C=O) groups is 1. The van der Waals surface area contributed by atoms with Crippen LogP contribution in [0.5, 0.6) is 0 Å². The largest absolute Gasteiger partial charge is 0.444 e. The Morgan fingerprint density at radius 3 is 2.57 bits per heavy atom. The minimum absolute atomic E-state index is 0.274. The molecule has 0 unspecified atom stereocenters. The summed E-state index contributed by atoms with van der Waals surface area (Å²) in [5.41, 5.74) is 2.01. The number of amides is 2. The Morgan fingerprint density at radius 2 is 2.00 bits per heavy atom. The third kappa shape index (κ3) is 4.34. The van der Waals surface area contributed by atoms with E-state index in [1.807, 2.05) is 31.2 Å². The lowest BCUT2D eigenvalue weighted by Crippen LogP contribution is -2.28. The lowest BCUT2D eigenvalue weighted by Gasteiger charge is -2.08. The van der Waals surface area contributed by atoms with Crippen molar-refractivity contribution in [1.82, 2.24) is 10.3 Å². The van der Waals surface area contributed by atoms with Crippen LogP contribution in [0.2, 0.25) is 0 Å². The average Bonchev–Trinajstić information content (AvgIpc) is 2.94. The van der Waals surface area contributed by atoms with E-state index in [0.717, 1.165) is 17.9 Å². The van der Waals surface area contributed by atoms with Gasteiger partial charge in [-0.15, -0.1) is 0 Å². The summed E-state index contributed by atoms with van der Waals surface area (Å²) in [5, 5.41) is 5.50. The van der Waals surface area contributed by atoms with E-state index in [2.05, 4.69) is 29.5 Å². The van der Waals surface area contributed by atoms with E-state index in [9.17, 15) is 4.79 Å². The lowest BCUT2D eigenvalue weighted by atomic mass is 10.0. The van der Waals surface area contributed by atoms with Crippen molar-refractivity contribution < 1.29 is 9.21 Å². The van der Waals surface area contributed by atoms with Gasteiger partial charge < -0.3 is 15.1 Å². The first-order chi connectivity index (χ1) is 10.1. The van der Waals surface area contributed by atoms with Gasteiger partial charge in [0.25, 0.3) is 0 Å². The highest BCUT2D eigenvalue weighted by atomic mass is 16.4. The molecule has 21 heavy (non-hydrogen) atoms. The van der Waals surface area contributed by atoms with E-state index in [4.69, 9.17) is 4.42 Å². The minimum Gasteiger partial charge on any atom is -0.444 e. The molecule has 2 amide bonds. The van der Waals surface area contributed by atoms with Crippen LogP contribution >= 0.6 is 0 Å². The van der Waals surface area contributed by atoms with E-state index in [-0.39, 0.29) is 12.6 Å². The first-order valence-electron chi connectivity index (χ1n) is 7.17. The number of nitrogens with zero attached hydrogens (tertiary/aromatic N) is 1. The van der Waals surface area contributed by atoms with Gasteiger partial charge in [0.2, 0.25) is 5.89 Å². The number of nitrogens with one attached hydrogen (secondary N) is 2. The zero-order chi connectivity index (χ0) is 15.2. The fourth-order valence-electron chi connectivity index (χ4n) is 1.88. The van der Waals surface area contributed by atoms with Gasteiger partial charge in [-0.3, -0.25) is 0 Å². The number of urea groups is 1. The van der Waals surface area contributed by atoms with E-state index >= 15 is 0 Å². The van der Waals surface area contributed by atoms with Gasteiger partial charge in [0.05, 0.1) is 12.7 Å². The third-order valence-corrected chi connectivity index (χ3v) is 3.19. The van der Waals surface area contributed by atoms with E-state index in [0.29, 0.717) is 11.8 Å². The Balaban J connectivity index is 1.83. The van der Waals surface area contributed by atoms with Crippen molar-refractivity contribution in [3.05, 3.63) is 47.7 Å². The van der Waals surface area contributed by atoms with Gasteiger partial charge in [0.1, 0.15) is 5.76 Å². The molecule has 0 atom stereocenters. The van der Waals surface area contributed by atoms with Gasteiger partial charge in [0, 0.05) is 12.1 Å². The average molecular weight is 287 g/mol. The van der Waals surface area contributed by atoms with Crippen molar-refractivity contribution in [2.75, 3.05) is 5.32 Å². The Morgan fingerprint density at radius 1 is 1.29 bits per heavy atom. The predicted molar refractivity (Wildman–Crippen MR) is 82.3 cm³/mol. The number of carbonyl (C=O) groups excluding carboxylic acids is 1. The van der Waals surface area contributed by atoms with Gasteiger partial charge in [-0.1, -0.05) is 32.9 Å². The fourth-order valence-corrected chi connectivity index (χ4v) is 1.88. The number of hydrogen-bond acceptors (Lipinski definition) is 3. The summed E-state index contributed by atoms with van der Waals surface area (Å²) in [5.74, 6) is 1.80. The summed E-state index contributed by atoms with van der Waals surface area (Å²) in [6.07, 6.45) is 2.47. The summed E-state index contributed by atoms with van der Waals surface area (Å²) in [6, 6.07) is 7.55. The molecule has 1 heterocycles. The third-order valence-electron chi connectivity index (χ3n) is 3.19. The number of anilines is 1. The zero-order valence-corrected chi connectivity index (χ0v) is 12.6. The van der Waals surface area contributed by atoms with Crippen LogP contribution in [0.15, 0.2) is 34.9 Å². The zero-order valence-electron chi connectivity index (χ0n) is 12.6. The van der Waals surface area contributed by atoms with Crippen molar-refractivity contribution in [1.29, 1.82) is 0 Å². The van der Waals surface area contributed by atoms with Crippen LogP contribution in [0.3, 0.4) is 0 Å². The SMILES string of the molecule is CCc1cnc(CNC(=O)Nc2ccc(C(C)C)cc2)o1. The maximum atomic E-state index is 11.8. The number of oxazole rings is 1. The highest BCUT2D eigenvalue weighted by Crippen LogP contribution is 2.17. The molecule has 2 aromatic rings. The van der Waals surface area contributed by atoms with E-state index in [1.165, 1.54) is 5.56 Å². The van der Waals surface area contributed by atoms with Crippen molar-refractivity contribution in [2.24, 2.45) is 0 Å². The standard InChI is InChI=1S/C16H21N3O2/c1-4-14-9-17-15(21-14)10-18-16(20)19-13-7-5-12(6-8-13)11(2)3/h5-9,11H,4,10H2,1-3H3,(H2,18,19,20). The van der Waals surface area contributed by atoms with Crippen molar-refractivity contribution in [3.8, 4) is 0 Å². The second kappa shape index (κ2) is 6.92. The van der Waals surface area contributed by atoms with Crippen molar-refractivity contribution in [3.63, 3.8) is 0 Å². The molecule has 0 saturated carbocycles. The van der Waals surface area contributed by atoms with Gasteiger partial charge in [-0.25, -0.2) is 9.78 Å². The Kier molecular flexibility index (Phi) is 4.98. The maximum Gasteiger partial charge on any atom is 0.319 e. The Hall–Kier alpha value is -2.30. The minimum atomic E-state index is -0.274. The second-order valence-electron chi connectivity index (χ2n) is 5.16. The maximum absolute atomic E-state index is 11.8. The molecule has 0 spiro atoms. The monoisotopic (exact) mass is 287 g/mol. The number of aryl methyl sites for hydroxylation is 1. The lowest BCUT2D eigenvalue weighted by molar-refractivity contribution is 0.250. The molecule has 0 bridgehead atoms. The number of benzene rings is 1. The first kappa shape index (κ1) is 15.1. The molecule has 2 rings (SSSR count). The summed E-state index contributed by atoms with van der Waals surface area (Å²) in [4.78, 5) is 15.9. The molecule has 0 aliphatic heterocycles. The molecule has 0 aliphatic carbocycles. The molecular weight excluding hydrogens is 266 g/mol. The van der Waals surface area contributed by atoms with Crippen LogP contribution in [-0.4, -0.2) is 11.0 Å². The molecule has 0 fully saturated rings. The highest BCUT2D eigenvalue weighted by Gasteiger charge is 2.06. The summed E-state index contributed by atoms with van der Waals surface area (Å²) >= 11 is 0. The van der Waals surface area contributed by atoms with Gasteiger partial charge in [0.15, 0.2) is 0 Å². The molecule has 1 aromatic carbocycles. The second-order valence-corrected chi connectivity index (χ2v) is 5.16. The van der Waals surface area contributed by atoms with Crippen molar-refractivity contribution in [2.45, 2.75) is 39.7 Å². The quantitative estimate of drug-likeness (QED) is 0.881. The van der Waals surface area contributed by atoms with Crippen LogP contribution in [0.1, 0.15) is 43.9 Å². The van der Waals surface area contributed by atoms with Crippen LogP contribution in [0, 0.1) is 0 Å².